The van der Waals surface area contributed by atoms with E-state index >= 15 is 0 Å². The summed E-state index contributed by atoms with van der Waals surface area (Å²) < 4.78 is 26.8. The zero-order valence-electron chi connectivity index (χ0n) is 14.0. The molecule has 1 aromatic heterocycles. The minimum atomic E-state index is -3.40. The normalized spacial score (nSPS) is 13.1. The van der Waals surface area contributed by atoms with Crippen molar-refractivity contribution in [1.82, 2.24) is 9.62 Å². The number of thiophene rings is 1. The monoisotopic (exact) mass is 332 g/mol. The molecule has 0 spiro atoms. The average Bonchev–Trinajstić information content (AvgIpc) is 2.69. The Labute approximate surface area is 133 Å². The van der Waals surface area contributed by atoms with E-state index in [0.717, 1.165) is 29.3 Å². The molecule has 0 aliphatic rings. The SMILES string of the molecule is CCCNCc1cc(S(=O)(=O)N(C)CC(C)(C)C)c(C)s1. The fraction of sp³-hybridized carbons (Fsp3) is 0.733. The van der Waals surface area contributed by atoms with Crippen molar-refractivity contribution in [2.24, 2.45) is 5.41 Å². The Morgan fingerprint density at radius 2 is 1.95 bits per heavy atom. The highest BCUT2D eigenvalue weighted by atomic mass is 32.2. The highest BCUT2D eigenvalue weighted by Crippen LogP contribution is 2.29. The number of nitrogens with one attached hydrogen (secondary N) is 1. The van der Waals surface area contributed by atoms with E-state index in [2.05, 4.69) is 12.2 Å². The Balaban J connectivity index is 2.93. The van der Waals surface area contributed by atoms with Crippen molar-refractivity contribution in [2.75, 3.05) is 20.1 Å². The molecule has 0 radical (unpaired) electrons. The molecule has 1 N–H and O–H groups in total. The quantitative estimate of drug-likeness (QED) is 0.780. The number of nitrogens with zero attached hydrogens (tertiary/aromatic N) is 1. The number of sulfonamides is 1. The molecule has 122 valence electrons. The van der Waals surface area contributed by atoms with Gasteiger partial charge in [-0.2, -0.15) is 0 Å². The minimum absolute atomic E-state index is 0.0583. The third kappa shape index (κ3) is 5.36. The van der Waals surface area contributed by atoms with E-state index in [4.69, 9.17) is 0 Å². The summed E-state index contributed by atoms with van der Waals surface area (Å²) >= 11 is 1.56. The molecule has 0 aliphatic carbocycles. The lowest BCUT2D eigenvalue weighted by Crippen LogP contribution is -2.34. The predicted molar refractivity (Wildman–Crippen MR) is 90.3 cm³/mol. The van der Waals surface area contributed by atoms with Gasteiger partial charge < -0.3 is 5.32 Å². The lowest BCUT2D eigenvalue weighted by Gasteiger charge is -2.26. The van der Waals surface area contributed by atoms with Crippen LogP contribution in [0.15, 0.2) is 11.0 Å². The molecule has 0 saturated heterocycles. The lowest BCUT2D eigenvalue weighted by molar-refractivity contribution is 0.311. The largest absolute Gasteiger partial charge is 0.312 e. The van der Waals surface area contributed by atoms with E-state index in [1.165, 1.54) is 4.31 Å². The van der Waals surface area contributed by atoms with Gasteiger partial charge in [-0.05, 0) is 31.4 Å². The summed E-state index contributed by atoms with van der Waals surface area (Å²) in [7, 11) is -1.74. The Morgan fingerprint density at radius 3 is 2.48 bits per heavy atom. The molecule has 0 amide bonds. The van der Waals surface area contributed by atoms with Crippen LogP contribution in [0.2, 0.25) is 0 Å². The zero-order chi connectivity index (χ0) is 16.3. The Kier molecular flexibility index (Phi) is 6.40. The molecule has 0 fully saturated rings. The summed E-state index contributed by atoms with van der Waals surface area (Å²) in [6.07, 6.45) is 1.07. The molecule has 6 heteroatoms. The van der Waals surface area contributed by atoms with E-state index in [0.29, 0.717) is 11.4 Å². The van der Waals surface area contributed by atoms with Crippen LogP contribution >= 0.6 is 11.3 Å². The molecule has 1 heterocycles. The van der Waals surface area contributed by atoms with Gasteiger partial charge in [0, 0.05) is 29.9 Å². The van der Waals surface area contributed by atoms with Crippen LogP contribution in [0.25, 0.3) is 0 Å². The van der Waals surface area contributed by atoms with Crippen molar-refractivity contribution in [2.45, 2.75) is 52.5 Å². The first-order chi connectivity index (χ1) is 9.58. The van der Waals surface area contributed by atoms with Crippen LogP contribution in [-0.4, -0.2) is 32.9 Å². The maximum atomic E-state index is 12.7. The summed E-state index contributed by atoms with van der Waals surface area (Å²) in [6, 6.07) is 1.82. The van der Waals surface area contributed by atoms with Crippen LogP contribution in [-0.2, 0) is 16.6 Å². The minimum Gasteiger partial charge on any atom is -0.312 e. The van der Waals surface area contributed by atoms with Crippen molar-refractivity contribution in [3.8, 4) is 0 Å². The number of rotatable bonds is 7. The number of hydrogen-bond acceptors (Lipinski definition) is 4. The third-order valence-corrected chi connectivity index (χ3v) is 6.14. The van der Waals surface area contributed by atoms with E-state index in [-0.39, 0.29) is 5.41 Å². The van der Waals surface area contributed by atoms with Crippen LogP contribution in [0, 0.1) is 12.3 Å². The van der Waals surface area contributed by atoms with E-state index in [1.807, 2.05) is 33.8 Å². The summed E-state index contributed by atoms with van der Waals surface area (Å²) in [6.45, 7) is 12.3. The molecule has 0 aromatic carbocycles. The van der Waals surface area contributed by atoms with Gasteiger partial charge in [0.1, 0.15) is 0 Å². The second-order valence-corrected chi connectivity index (χ2v) is 9.99. The summed E-state index contributed by atoms with van der Waals surface area (Å²) in [5.74, 6) is 0. The molecule has 0 saturated carbocycles. The van der Waals surface area contributed by atoms with Gasteiger partial charge in [-0.1, -0.05) is 27.7 Å². The van der Waals surface area contributed by atoms with E-state index in [9.17, 15) is 8.42 Å². The number of hydrogen-bond donors (Lipinski definition) is 1. The van der Waals surface area contributed by atoms with Crippen LogP contribution in [0.1, 0.15) is 43.9 Å². The van der Waals surface area contributed by atoms with Gasteiger partial charge in [0.15, 0.2) is 0 Å². The van der Waals surface area contributed by atoms with Crippen molar-refractivity contribution >= 4 is 21.4 Å². The Bertz CT molecular complexity index is 557. The maximum absolute atomic E-state index is 12.7. The van der Waals surface area contributed by atoms with Crippen molar-refractivity contribution < 1.29 is 8.42 Å². The van der Waals surface area contributed by atoms with Gasteiger partial charge in [-0.15, -0.1) is 11.3 Å². The first-order valence-electron chi connectivity index (χ1n) is 7.34. The molecule has 1 rings (SSSR count). The van der Waals surface area contributed by atoms with Gasteiger partial charge in [-0.3, -0.25) is 0 Å². The summed E-state index contributed by atoms with van der Waals surface area (Å²) in [5.41, 5.74) is -0.0583. The Hall–Kier alpha value is -0.430. The van der Waals surface area contributed by atoms with Crippen LogP contribution in [0.3, 0.4) is 0 Å². The molecular weight excluding hydrogens is 304 g/mol. The van der Waals surface area contributed by atoms with Crippen LogP contribution < -0.4 is 5.32 Å². The second-order valence-electron chi connectivity index (χ2n) is 6.63. The van der Waals surface area contributed by atoms with Crippen LogP contribution in [0.5, 0.6) is 0 Å². The standard InChI is InChI=1S/C15H28N2O2S2/c1-7-8-16-10-13-9-14(12(2)20-13)21(18,19)17(6)11-15(3,4)5/h9,16H,7-8,10-11H2,1-6H3. The van der Waals surface area contributed by atoms with Crippen molar-refractivity contribution in [3.63, 3.8) is 0 Å². The molecule has 21 heavy (non-hydrogen) atoms. The molecule has 0 unspecified atom stereocenters. The molecular formula is C15H28N2O2S2. The summed E-state index contributed by atoms with van der Waals surface area (Å²) in [4.78, 5) is 2.39. The number of aryl methyl sites for hydroxylation is 1. The fourth-order valence-corrected chi connectivity index (χ4v) is 5.14. The highest BCUT2D eigenvalue weighted by Gasteiger charge is 2.27. The van der Waals surface area contributed by atoms with Gasteiger partial charge >= 0.3 is 0 Å². The van der Waals surface area contributed by atoms with Crippen molar-refractivity contribution in [3.05, 3.63) is 15.8 Å². The maximum Gasteiger partial charge on any atom is 0.243 e. The average molecular weight is 333 g/mol. The van der Waals surface area contributed by atoms with Crippen LogP contribution in [0.4, 0.5) is 0 Å². The first kappa shape index (κ1) is 18.6. The molecule has 4 nitrogen and oxygen atoms in total. The lowest BCUT2D eigenvalue weighted by atomic mass is 9.97. The Morgan fingerprint density at radius 1 is 1.33 bits per heavy atom. The molecule has 0 atom stereocenters. The molecule has 1 aromatic rings. The smallest absolute Gasteiger partial charge is 0.243 e. The highest BCUT2D eigenvalue weighted by molar-refractivity contribution is 7.89. The van der Waals surface area contributed by atoms with E-state index < -0.39 is 10.0 Å². The summed E-state index contributed by atoms with van der Waals surface area (Å²) in [5, 5.41) is 3.31. The van der Waals surface area contributed by atoms with Gasteiger partial charge in [0.05, 0.1) is 4.90 Å². The van der Waals surface area contributed by atoms with Gasteiger partial charge in [0.2, 0.25) is 10.0 Å². The first-order valence-corrected chi connectivity index (χ1v) is 9.60. The second kappa shape index (κ2) is 7.22. The molecule has 0 bridgehead atoms. The predicted octanol–water partition coefficient (Wildman–Crippen LogP) is 3.22. The van der Waals surface area contributed by atoms with E-state index in [1.54, 1.807) is 18.4 Å². The van der Waals surface area contributed by atoms with Gasteiger partial charge in [-0.25, -0.2) is 12.7 Å². The topological polar surface area (TPSA) is 49.4 Å². The third-order valence-electron chi connectivity index (χ3n) is 3.03. The fourth-order valence-electron chi connectivity index (χ4n) is 2.18. The molecule has 0 aliphatic heterocycles. The zero-order valence-corrected chi connectivity index (χ0v) is 15.6. The van der Waals surface area contributed by atoms with Gasteiger partial charge in [0.25, 0.3) is 0 Å². The van der Waals surface area contributed by atoms with Crippen molar-refractivity contribution in [1.29, 1.82) is 0 Å².